The first-order chi connectivity index (χ1) is 18.0. The number of imidazole rings is 1. The Morgan fingerprint density at radius 1 is 0.919 bits per heavy atom. The van der Waals surface area contributed by atoms with Crippen molar-refractivity contribution in [3.63, 3.8) is 0 Å². The summed E-state index contributed by atoms with van der Waals surface area (Å²) >= 11 is 0. The maximum atomic E-state index is 12.2. The Labute approximate surface area is 211 Å². The van der Waals surface area contributed by atoms with Crippen molar-refractivity contribution in [3.8, 4) is 33.9 Å². The van der Waals surface area contributed by atoms with E-state index in [1.165, 1.54) is 0 Å². The number of fused-ring (bicyclic) bond motifs is 2. The van der Waals surface area contributed by atoms with Gasteiger partial charge < -0.3 is 10.3 Å². The van der Waals surface area contributed by atoms with Crippen LogP contribution in [0.4, 0.5) is 5.69 Å². The highest BCUT2D eigenvalue weighted by Gasteiger charge is 2.17. The van der Waals surface area contributed by atoms with E-state index in [-0.39, 0.29) is 11.8 Å². The van der Waals surface area contributed by atoms with Crippen LogP contribution in [0.2, 0.25) is 0 Å². The molecule has 0 radical (unpaired) electrons. The molecule has 6 aromatic rings. The molecule has 0 aliphatic heterocycles. The average Bonchev–Trinajstić information content (AvgIpc) is 3.52. The minimum atomic E-state index is -0.0421. The summed E-state index contributed by atoms with van der Waals surface area (Å²) in [5.74, 6) is 0.811. The third kappa shape index (κ3) is 4.40. The van der Waals surface area contributed by atoms with Crippen LogP contribution in [0.1, 0.15) is 20.3 Å². The molecule has 0 aromatic carbocycles. The maximum absolute atomic E-state index is 12.2. The Morgan fingerprint density at radius 3 is 2.62 bits per heavy atom. The normalized spacial score (nSPS) is 11.4. The number of nitrogens with zero attached hydrogens (tertiary/aromatic N) is 6. The largest absolute Gasteiger partial charge is 0.335 e. The summed E-state index contributed by atoms with van der Waals surface area (Å²) in [7, 11) is 0. The molecular weight excluding hydrogens is 466 g/mol. The third-order valence-corrected chi connectivity index (χ3v) is 5.91. The van der Waals surface area contributed by atoms with Gasteiger partial charge in [-0.3, -0.25) is 24.8 Å². The molecule has 0 fully saturated rings. The molecular formula is C27H23N9O. The van der Waals surface area contributed by atoms with Gasteiger partial charge in [-0.05, 0) is 30.2 Å². The molecule has 0 aliphatic rings. The first-order valence-electron chi connectivity index (χ1n) is 11.9. The highest BCUT2D eigenvalue weighted by atomic mass is 16.1. The molecule has 6 aromatic heterocycles. The topological polar surface area (TPSA) is 138 Å². The van der Waals surface area contributed by atoms with Gasteiger partial charge in [0.15, 0.2) is 11.5 Å². The first kappa shape index (κ1) is 22.5. The predicted octanol–water partition coefficient (Wildman–Crippen LogP) is 5.00. The van der Waals surface area contributed by atoms with Crippen molar-refractivity contribution in [1.29, 1.82) is 0 Å². The molecule has 0 saturated carbocycles. The zero-order valence-electron chi connectivity index (χ0n) is 20.2. The van der Waals surface area contributed by atoms with Crippen molar-refractivity contribution in [1.82, 2.24) is 40.1 Å². The highest BCUT2D eigenvalue weighted by molar-refractivity contribution is 5.96. The monoisotopic (exact) mass is 489 g/mol. The summed E-state index contributed by atoms with van der Waals surface area (Å²) < 4.78 is 0. The molecule has 0 aliphatic carbocycles. The van der Waals surface area contributed by atoms with Crippen LogP contribution in [0.25, 0.3) is 56.0 Å². The van der Waals surface area contributed by atoms with Gasteiger partial charge in [0.05, 0.1) is 34.8 Å². The van der Waals surface area contributed by atoms with Gasteiger partial charge in [0, 0.05) is 47.9 Å². The minimum absolute atomic E-state index is 0.0421. The standard InChI is InChI=1S/C27H23N9O/c1-15(2)8-23(37)31-18-9-17(11-29-12-18)20-5-6-21-25(32-20)26(36-35-21)27-33-22-14-30-13-19(24(22)34-27)16-4-3-7-28-10-16/h3-7,9-15H,8H2,1-2H3,(H,31,37)(H,33,34)(H,35,36). The molecule has 37 heavy (non-hydrogen) atoms. The lowest BCUT2D eigenvalue weighted by molar-refractivity contribution is -0.116. The lowest BCUT2D eigenvalue weighted by Gasteiger charge is -2.08. The predicted molar refractivity (Wildman–Crippen MR) is 141 cm³/mol. The fourth-order valence-electron chi connectivity index (χ4n) is 4.23. The van der Waals surface area contributed by atoms with Gasteiger partial charge in [-0.25, -0.2) is 9.97 Å². The van der Waals surface area contributed by atoms with Crippen LogP contribution in [0.3, 0.4) is 0 Å². The molecule has 3 N–H and O–H groups in total. The Morgan fingerprint density at radius 2 is 1.78 bits per heavy atom. The van der Waals surface area contributed by atoms with Crippen LogP contribution in [0.5, 0.6) is 0 Å². The number of aromatic nitrogens is 8. The number of carbonyl (C=O) groups is 1. The second-order valence-corrected chi connectivity index (χ2v) is 9.18. The molecule has 0 spiro atoms. The molecule has 1 amide bonds. The molecule has 10 nitrogen and oxygen atoms in total. The van der Waals surface area contributed by atoms with Crippen molar-refractivity contribution >= 4 is 33.7 Å². The second-order valence-electron chi connectivity index (χ2n) is 9.18. The van der Waals surface area contributed by atoms with Crippen LogP contribution in [-0.4, -0.2) is 46.0 Å². The quantitative estimate of drug-likeness (QED) is 0.299. The Balaban J connectivity index is 1.38. The van der Waals surface area contributed by atoms with E-state index >= 15 is 0 Å². The van der Waals surface area contributed by atoms with Crippen molar-refractivity contribution in [2.75, 3.05) is 5.32 Å². The Hall–Kier alpha value is -4.99. The van der Waals surface area contributed by atoms with Crippen LogP contribution in [-0.2, 0) is 4.79 Å². The van der Waals surface area contributed by atoms with Crippen LogP contribution in [0.15, 0.2) is 67.5 Å². The SMILES string of the molecule is CC(C)CC(=O)Nc1cncc(-c2ccc3[nH]nc(-c4nc5c(-c6cccnc6)cncc5[nH]4)c3n2)c1. The lowest BCUT2D eigenvalue weighted by atomic mass is 10.1. The van der Waals surface area contributed by atoms with Crippen molar-refractivity contribution in [2.45, 2.75) is 20.3 Å². The van der Waals surface area contributed by atoms with E-state index in [1.54, 1.807) is 37.2 Å². The highest BCUT2D eigenvalue weighted by Crippen LogP contribution is 2.31. The lowest BCUT2D eigenvalue weighted by Crippen LogP contribution is -2.14. The van der Waals surface area contributed by atoms with Crippen LogP contribution in [0, 0.1) is 5.92 Å². The number of rotatable bonds is 6. The zero-order valence-corrected chi connectivity index (χ0v) is 20.2. The van der Waals surface area contributed by atoms with Crippen molar-refractivity contribution < 1.29 is 4.79 Å². The van der Waals surface area contributed by atoms with E-state index in [0.717, 1.165) is 33.2 Å². The molecule has 0 unspecified atom stereocenters. The smallest absolute Gasteiger partial charge is 0.224 e. The van der Waals surface area contributed by atoms with Gasteiger partial charge in [0.1, 0.15) is 11.0 Å². The molecule has 0 bridgehead atoms. The zero-order chi connectivity index (χ0) is 25.4. The first-order valence-corrected chi connectivity index (χ1v) is 11.9. The Kier molecular flexibility index (Phi) is 5.61. The van der Waals surface area contributed by atoms with Gasteiger partial charge >= 0.3 is 0 Å². The van der Waals surface area contributed by atoms with E-state index in [0.29, 0.717) is 34.8 Å². The number of anilines is 1. The number of amides is 1. The molecule has 0 atom stereocenters. The van der Waals surface area contributed by atoms with Crippen molar-refractivity contribution in [2.24, 2.45) is 5.92 Å². The minimum Gasteiger partial charge on any atom is -0.335 e. The van der Waals surface area contributed by atoms with Gasteiger partial charge in [-0.1, -0.05) is 19.9 Å². The van der Waals surface area contributed by atoms with E-state index < -0.39 is 0 Å². The van der Waals surface area contributed by atoms with Crippen molar-refractivity contribution in [3.05, 3.63) is 67.5 Å². The number of pyridine rings is 4. The van der Waals surface area contributed by atoms with Gasteiger partial charge in [-0.2, -0.15) is 5.10 Å². The fourth-order valence-corrected chi connectivity index (χ4v) is 4.23. The number of aromatic amines is 2. The van der Waals surface area contributed by atoms with Crippen LogP contribution < -0.4 is 5.32 Å². The molecule has 182 valence electrons. The summed E-state index contributed by atoms with van der Waals surface area (Å²) in [4.78, 5) is 38.1. The molecule has 6 heterocycles. The summed E-state index contributed by atoms with van der Waals surface area (Å²) in [6, 6.07) is 9.54. The van der Waals surface area contributed by atoms with E-state index in [9.17, 15) is 4.79 Å². The molecule has 10 heteroatoms. The number of H-pyrrole nitrogens is 2. The number of hydrogen-bond donors (Lipinski definition) is 3. The summed E-state index contributed by atoms with van der Waals surface area (Å²) in [6.45, 7) is 4.02. The third-order valence-electron chi connectivity index (χ3n) is 5.91. The fraction of sp³-hybridized carbons (Fsp3) is 0.148. The maximum Gasteiger partial charge on any atom is 0.224 e. The molecule has 0 saturated heterocycles. The Bertz CT molecular complexity index is 1740. The average molecular weight is 490 g/mol. The van der Waals surface area contributed by atoms with Gasteiger partial charge in [0.25, 0.3) is 0 Å². The number of hydrogen-bond acceptors (Lipinski definition) is 7. The second kappa shape index (κ2) is 9.23. The van der Waals surface area contributed by atoms with E-state index in [4.69, 9.17) is 9.97 Å². The van der Waals surface area contributed by atoms with E-state index in [2.05, 4.69) is 35.5 Å². The number of carbonyl (C=O) groups excluding carboxylic acids is 1. The van der Waals surface area contributed by atoms with E-state index in [1.807, 2.05) is 44.2 Å². The summed E-state index contributed by atoms with van der Waals surface area (Å²) in [6.07, 6.45) is 10.8. The van der Waals surface area contributed by atoms with Crippen LogP contribution >= 0.6 is 0 Å². The van der Waals surface area contributed by atoms with Gasteiger partial charge in [-0.15, -0.1) is 0 Å². The summed E-state index contributed by atoms with van der Waals surface area (Å²) in [5.41, 5.74) is 7.53. The van der Waals surface area contributed by atoms with Gasteiger partial charge in [0.2, 0.25) is 5.91 Å². The molecule has 6 rings (SSSR count). The number of nitrogens with one attached hydrogen (secondary N) is 3. The summed E-state index contributed by atoms with van der Waals surface area (Å²) in [5, 5.41) is 10.5.